The molecule has 0 spiro atoms. The van der Waals surface area contributed by atoms with Crippen LogP contribution in [-0.4, -0.2) is 74.3 Å². The molecule has 0 amide bonds. The number of phenolic OH excluding ortho intramolecular Hbond substituents is 1. The molecular formula is C24H27N7O. The maximum Gasteiger partial charge on any atom is 0.153 e. The first-order valence-electron chi connectivity index (χ1n) is 10.9. The van der Waals surface area contributed by atoms with E-state index in [1.165, 1.54) is 5.57 Å². The lowest BCUT2D eigenvalue weighted by Gasteiger charge is -2.34. The van der Waals surface area contributed by atoms with Crippen LogP contribution in [0.3, 0.4) is 0 Å². The van der Waals surface area contributed by atoms with Gasteiger partial charge in [0.2, 0.25) is 0 Å². The van der Waals surface area contributed by atoms with E-state index in [1.54, 1.807) is 10.6 Å². The number of amidine groups is 1. The Hall–Kier alpha value is -3.52. The van der Waals surface area contributed by atoms with E-state index in [0.29, 0.717) is 11.3 Å². The molecule has 8 nitrogen and oxygen atoms in total. The predicted molar refractivity (Wildman–Crippen MR) is 126 cm³/mol. The van der Waals surface area contributed by atoms with Crippen LogP contribution in [-0.2, 0) is 0 Å². The molecule has 2 aliphatic rings. The molecule has 1 saturated heterocycles. The Morgan fingerprint density at radius 1 is 0.969 bits per heavy atom. The highest BCUT2D eigenvalue weighted by atomic mass is 16.3. The number of allylic oxidation sites excluding steroid dienone is 1. The largest absolute Gasteiger partial charge is 0.507 e. The number of hydrogen-bond acceptors (Lipinski definition) is 7. The molecule has 0 radical (unpaired) electrons. The molecule has 32 heavy (non-hydrogen) atoms. The molecule has 2 aromatic heterocycles. The highest BCUT2D eigenvalue weighted by Crippen LogP contribution is 2.28. The van der Waals surface area contributed by atoms with Gasteiger partial charge in [0.1, 0.15) is 11.6 Å². The van der Waals surface area contributed by atoms with Gasteiger partial charge in [-0.05, 0) is 51.2 Å². The van der Waals surface area contributed by atoms with Crippen molar-refractivity contribution in [2.24, 2.45) is 10.2 Å². The van der Waals surface area contributed by atoms with Crippen molar-refractivity contribution in [2.45, 2.75) is 20.3 Å². The SMILES string of the molecule is CC1=CC(c2ccc(-c3ccc4nc(C)cn4n3)cc2O)=NN=C(N2CCN(C)CC2)C1. The number of rotatable bonds is 2. The zero-order valence-electron chi connectivity index (χ0n) is 18.7. The van der Waals surface area contributed by atoms with Crippen molar-refractivity contribution in [2.75, 3.05) is 33.2 Å². The summed E-state index contributed by atoms with van der Waals surface area (Å²) >= 11 is 0. The Morgan fingerprint density at radius 2 is 1.78 bits per heavy atom. The number of aryl methyl sites for hydroxylation is 1. The Balaban J connectivity index is 1.44. The molecule has 0 atom stereocenters. The molecule has 0 bridgehead atoms. The molecule has 1 fully saturated rings. The second kappa shape index (κ2) is 8.20. The number of hydrogen-bond donors (Lipinski definition) is 1. The average Bonchev–Trinajstić information content (AvgIpc) is 3.04. The van der Waals surface area contributed by atoms with Crippen molar-refractivity contribution in [1.29, 1.82) is 0 Å². The summed E-state index contributed by atoms with van der Waals surface area (Å²) in [7, 11) is 2.14. The fourth-order valence-corrected chi connectivity index (χ4v) is 4.14. The van der Waals surface area contributed by atoms with Gasteiger partial charge in [-0.1, -0.05) is 11.6 Å². The summed E-state index contributed by atoms with van der Waals surface area (Å²) in [5.74, 6) is 1.15. The van der Waals surface area contributed by atoms with E-state index in [4.69, 9.17) is 0 Å². The maximum absolute atomic E-state index is 10.8. The first-order chi connectivity index (χ1) is 15.5. The molecule has 1 aromatic carbocycles. The number of piperazine rings is 1. The summed E-state index contributed by atoms with van der Waals surface area (Å²) in [6, 6.07) is 9.41. The summed E-state index contributed by atoms with van der Waals surface area (Å²) in [6.45, 7) is 8.00. The van der Waals surface area contributed by atoms with E-state index in [-0.39, 0.29) is 5.75 Å². The van der Waals surface area contributed by atoms with Crippen molar-refractivity contribution in [3.8, 4) is 17.0 Å². The van der Waals surface area contributed by atoms with Crippen LogP contribution in [0.1, 0.15) is 24.6 Å². The topological polar surface area (TPSA) is 81.6 Å². The molecular weight excluding hydrogens is 402 g/mol. The summed E-state index contributed by atoms with van der Waals surface area (Å²) in [5.41, 5.74) is 5.82. The van der Waals surface area contributed by atoms with Gasteiger partial charge in [-0.3, -0.25) is 0 Å². The number of fused-ring (bicyclic) bond motifs is 1. The summed E-state index contributed by atoms with van der Waals surface area (Å²) in [6.07, 6.45) is 4.67. The normalized spacial score (nSPS) is 17.7. The summed E-state index contributed by atoms with van der Waals surface area (Å²) < 4.78 is 1.76. The first-order valence-corrected chi connectivity index (χ1v) is 10.9. The van der Waals surface area contributed by atoms with Gasteiger partial charge in [-0.15, -0.1) is 10.2 Å². The van der Waals surface area contributed by atoms with Gasteiger partial charge in [-0.2, -0.15) is 5.10 Å². The molecule has 0 aliphatic carbocycles. The third-order valence-electron chi connectivity index (χ3n) is 5.97. The molecule has 8 heteroatoms. The van der Waals surface area contributed by atoms with Gasteiger partial charge in [0, 0.05) is 43.7 Å². The van der Waals surface area contributed by atoms with Crippen LogP contribution in [0, 0.1) is 6.92 Å². The second-order valence-corrected chi connectivity index (χ2v) is 8.59. The molecule has 1 N–H and O–H groups in total. The van der Waals surface area contributed by atoms with Gasteiger partial charge in [0.15, 0.2) is 5.65 Å². The smallest absolute Gasteiger partial charge is 0.153 e. The first kappa shape index (κ1) is 20.4. The fraction of sp³-hybridized carbons (Fsp3) is 0.333. The summed E-state index contributed by atoms with van der Waals surface area (Å²) in [4.78, 5) is 9.05. The van der Waals surface area contributed by atoms with Crippen LogP contribution in [0.4, 0.5) is 0 Å². The van der Waals surface area contributed by atoms with E-state index in [2.05, 4.69) is 44.1 Å². The molecule has 5 rings (SSSR count). The highest BCUT2D eigenvalue weighted by molar-refractivity contribution is 6.12. The Labute approximate surface area is 187 Å². The summed E-state index contributed by atoms with van der Waals surface area (Å²) in [5, 5.41) is 24.5. The van der Waals surface area contributed by atoms with E-state index in [0.717, 1.165) is 61.0 Å². The van der Waals surface area contributed by atoms with Crippen molar-refractivity contribution in [1.82, 2.24) is 24.4 Å². The minimum Gasteiger partial charge on any atom is -0.507 e. The third kappa shape index (κ3) is 4.01. The Kier molecular flexibility index (Phi) is 5.22. The van der Waals surface area contributed by atoms with Gasteiger partial charge >= 0.3 is 0 Å². The van der Waals surface area contributed by atoms with E-state index in [1.807, 2.05) is 43.5 Å². The van der Waals surface area contributed by atoms with Crippen molar-refractivity contribution < 1.29 is 5.11 Å². The van der Waals surface area contributed by atoms with E-state index < -0.39 is 0 Å². The molecule has 2 aliphatic heterocycles. The van der Waals surface area contributed by atoms with Crippen LogP contribution in [0.25, 0.3) is 16.9 Å². The molecule has 4 heterocycles. The number of benzene rings is 1. The number of likely N-dealkylation sites (N-methyl/N-ethyl adjacent to an activating group) is 1. The monoisotopic (exact) mass is 429 g/mol. The van der Waals surface area contributed by atoms with Crippen molar-refractivity contribution in [3.05, 3.63) is 59.4 Å². The lowest BCUT2D eigenvalue weighted by atomic mass is 10.0. The Bertz CT molecular complexity index is 1260. The fourth-order valence-electron chi connectivity index (χ4n) is 4.14. The zero-order chi connectivity index (χ0) is 22.2. The number of aromatic nitrogens is 3. The number of nitrogens with zero attached hydrogens (tertiary/aromatic N) is 7. The van der Waals surface area contributed by atoms with Gasteiger partial charge in [0.25, 0.3) is 0 Å². The lowest BCUT2D eigenvalue weighted by Crippen LogP contribution is -2.47. The van der Waals surface area contributed by atoms with Crippen LogP contribution in [0.15, 0.2) is 58.4 Å². The second-order valence-electron chi connectivity index (χ2n) is 8.59. The van der Waals surface area contributed by atoms with Crippen LogP contribution < -0.4 is 0 Å². The van der Waals surface area contributed by atoms with E-state index >= 15 is 0 Å². The van der Waals surface area contributed by atoms with Crippen LogP contribution in [0.2, 0.25) is 0 Å². The quantitative estimate of drug-likeness (QED) is 0.677. The van der Waals surface area contributed by atoms with E-state index in [9.17, 15) is 5.11 Å². The number of phenols is 1. The minimum atomic E-state index is 0.159. The number of imidazole rings is 1. The van der Waals surface area contributed by atoms with Crippen molar-refractivity contribution in [3.63, 3.8) is 0 Å². The Morgan fingerprint density at radius 3 is 2.56 bits per heavy atom. The zero-order valence-corrected chi connectivity index (χ0v) is 18.7. The predicted octanol–water partition coefficient (Wildman–Crippen LogP) is 3.11. The van der Waals surface area contributed by atoms with Crippen molar-refractivity contribution >= 4 is 17.2 Å². The molecule has 0 unspecified atom stereocenters. The molecule has 0 saturated carbocycles. The van der Waals surface area contributed by atoms with Crippen LogP contribution >= 0.6 is 0 Å². The third-order valence-corrected chi connectivity index (χ3v) is 5.97. The minimum absolute atomic E-state index is 0.159. The average molecular weight is 430 g/mol. The highest BCUT2D eigenvalue weighted by Gasteiger charge is 2.20. The molecule has 3 aromatic rings. The number of aromatic hydroxyl groups is 1. The standard InChI is InChI=1S/C24H27N7O/c1-16-12-21(26-27-24(13-16)30-10-8-29(3)9-11-30)19-5-4-18(14-22(19)32)20-6-7-23-25-17(2)15-31(23)28-20/h4-7,12,14-15,32H,8-11,13H2,1-3H3. The van der Waals surface area contributed by atoms with Gasteiger partial charge in [-0.25, -0.2) is 9.50 Å². The maximum atomic E-state index is 10.8. The lowest BCUT2D eigenvalue weighted by molar-refractivity contribution is 0.213. The molecule has 164 valence electrons. The van der Waals surface area contributed by atoms with Gasteiger partial charge < -0.3 is 14.9 Å². The van der Waals surface area contributed by atoms with Gasteiger partial charge in [0.05, 0.1) is 23.3 Å². The van der Waals surface area contributed by atoms with Crippen LogP contribution in [0.5, 0.6) is 5.75 Å².